The Labute approximate surface area is 103 Å². The SMILES string of the molecule is C=C(C)c1cc2c(C)cccc2cc1/C=C\C. The zero-order valence-corrected chi connectivity index (χ0v) is 10.7. The van der Waals surface area contributed by atoms with Crippen molar-refractivity contribution in [3.63, 3.8) is 0 Å². The van der Waals surface area contributed by atoms with Crippen molar-refractivity contribution in [2.75, 3.05) is 0 Å². The van der Waals surface area contributed by atoms with Gasteiger partial charge in [-0.1, -0.05) is 42.5 Å². The molecule has 0 aliphatic heterocycles. The molecule has 0 aliphatic carbocycles. The second kappa shape index (κ2) is 4.58. The summed E-state index contributed by atoms with van der Waals surface area (Å²) in [6, 6.07) is 10.9. The molecule has 2 aromatic carbocycles. The third-order valence-corrected chi connectivity index (χ3v) is 3.07. The summed E-state index contributed by atoms with van der Waals surface area (Å²) >= 11 is 0. The molecular formula is C17H18. The van der Waals surface area contributed by atoms with Gasteiger partial charge in [-0.15, -0.1) is 0 Å². The van der Waals surface area contributed by atoms with E-state index in [0.717, 1.165) is 5.57 Å². The summed E-state index contributed by atoms with van der Waals surface area (Å²) < 4.78 is 0. The number of aryl methyl sites for hydroxylation is 1. The van der Waals surface area contributed by atoms with Crippen LogP contribution in [0.15, 0.2) is 43.0 Å². The van der Waals surface area contributed by atoms with Crippen molar-refractivity contribution in [2.24, 2.45) is 0 Å². The Hall–Kier alpha value is -1.82. The fourth-order valence-corrected chi connectivity index (χ4v) is 2.19. The zero-order chi connectivity index (χ0) is 12.4. The van der Waals surface area contributed by atoms with Crippen molar-refractivity contribution >= 4 is 22.4 Å². The number of rotatable bonds is 2. The maximum absolute atomic E-state index is 4.07. The van der Waals surface area contributed by atoms with Crippen molar-refractivity contribution in [3.8, 4) is 0 Å². The molecular weight excluding hydrogens is 204 g/mol. The molecule has 17 heavy (non-hydrogen) atoms. The first kappa shape index (κ1) is 11.7. The molecule has 0 bridgehead atoms. The lowest BCUT2D eigenvalue weighted by Gasteiger charge is -2.10. The van der Waals surface area contributed by atoms with Crippen molar-refractivity contribution in [1.82, 2.24) is 0 Å². The minimum Gasteiger partial charge on any atom is -0.0955 e. The lowest BCUT2D eigenvalue weighted by atomic mass is 9.95. The van der Waals surface area contributed by atoms with E-state index in [9.17, 15) is 0 Å². The van der Waals surface area contributed by atoms with Crippen LogP contribution in [-0.2, 0) is 0 Å². The monoisotopic (exact) mass is 222 g/mol. The second-order valence-electron chi connectivity index (χ2n) is 4.52. The molecule has 0 aliphatic rings. The van der Waals surface area contributed by atoms with Crippen LogP contribution in [0.4, 0.5) is 0 Å². The number of hydrogen-bond acceptors (Lipinski definition) is 0. The predicted octanol–water partition coefficient (Wildman–Crippen LogP) is 5.21. The van der Waals surface area contributed by atoms with Gasteiger partial charge < -0.3 is 0 Å². The Balaban J connectivity index is 2.81. The van der Waals surface area contributed by atoms with Gasteiger partial charge in [-0.3, -0.25) is 0 Å². The van der Waals surface area contributed by atoms with Gasteiger partial charge in [0.05, 0.1) is 0 Å². The topological polar surface area (TPSA) is 0 Å². The number of fused-ring (bicyclic) bond motifs is 1. The van der Waals surface area contributed by atoms with Gasteiger partial charge in [0.2, 0.25) is 0 Å². The lowest BCUT2D eigenvalue weighted by molar-refractivity contribution is 1.50. The largest absolute Gasteiger partial charge is 0.0955 e. The van der Waals surface area contributed by atoms with Gasteiger partial charge in [0.15, 0.2) is 0 Å². The van der Waals surface area contributed by atoms with Crippen LogP contribution in [0.5, 0.6) is 0 Å². The van der Waals surface area contributed by atoms with Crippen LogP contribution in [0.2, 0.25) is 0 Å². The standard InChI is InChI=1S/C17H18/c1-5-7-14-10-15-9-6-8-13(4)17(15)11-16(14)12(2)3/h5-11H,2H2,1,3-4H3/b7-5-. The molecule has 0 atom stereocenters. The molecule has 0 aromatic heterocycles. The highest BCUT2D eigenvalue weighted by Crippen LogP contribution is 2.27. The molecule has 0 fully saturated rings. The molecule has 0 saturated heterocycles. The van der Waals surface area contributed by atoms with E-state index < -0.39 is 0 Å². The Morgan fingerprint density at radius 3 is 2.65 bits per heavy atom. The third kappa shape index (κ3) is 2.16. The lowest BCUT2D eigenvalue weighted by Crippen LogP contribution is -1.88. The van der Waals surface area contributed by atoms with Gasteiger partial charge in [-0.2, -0.15) is 0 Å². The second-order valence-corrected chi connectivity index (χ2v) is 4.52. The maximum Gasteiger partial charge on any atom is -0.0148 e. The van der Waals surface area contributed by atoms with Crippen LogP contribution < -0.4 is 0 Å². The van der Waals surface area contributed by atoms with E-state index in [1.807, 2.05) is 6.92 Å². The van der Waals surface area contributed by atoms with E-state index in [0.29, 0.717) is 0 Å². The maximum atomic E-state index is 4.07. The minimum atomic E-state index is 1.11. The molecule has 0 unspecified atom stereocenters. The molecule has 0 amide bonds. The van der Waals surface area contributed by atoms with Crippen LogP contribution in [0.3, 0.4) is 0 Å². The van der Waals surface area contributed by atoms with Gasteiger partial charge in [-0.25, -0.2) is 0 Å². The summed E-state index contributed by atoms with van der Waals surface area (Å²) in [5, 5.41) is 2.61. The Morgan fingerprint density at radius 1 is 1.24 bits per heavy atom. The Morgan fingerprint density at radius 2 is 2.00 bits per heavy atom. The predicted molar refractivity (Wildman–Crippen MR) is 78.1 cm³/mol. The Kier molecular flexibility index (Phi) is 3.14. The van der Waals surface area contributed by atoms with Crippen LogP contribution in [-0.4, -0.2) is 0 Å². The molecule has 2 rings (SSSR count). The molecule has 0 N–H and O–H groups in total. The number of benzene rings is 2. The summed E-state index contributed by atoms with van der Waals surface area (Å²) in [5.74, 6) is 0. The average Bonchev–Trinajstić information content (AvgIpc) is 2.29. The molecule has 0 heteroatoms. The first-order valence-electron chi connectivity index (χ1n) is 5.95. The fraction of sp³-hybridized carbons (Fsp3) is 0.176. The molecule has 0 heterocycles. The molecule has 2 aromatic rings. The molecule has 0 nitrogen and oxygen atoms in total. The first-order chi connectivity index (χ1) is 8.13. The Bertz CT molecular complexity index is 601. The summed E-state index contributed by atoms with van der Waals surface area (Å²) in [5.41, 5.74) is 4.92. The van der Waals surface area contributed by atoms with E-state index in [1.54, 1.807) is 0 Å². The highest BCUT2D eigenvalue weighted by atomic mass is 14.1. The normalized spacial score (nSPS) is 11.2. The summed E-state index contributed by atoms with van der Waals surface area (Å²) in [6.45, 7) is 10.3. The molecule has 86 valence electrons. The van der Waals surface area contributed by atoms with Gasteiger partial charge in [0, 0.05) is 0 Å². The minimum absolute atomic E-state index is 1.11. The van der Waals surface area contributed by atoms with Gasteiger partial charge in [0.25, 0.3) is 0 Å². The van der Waals surface area contributed by atoms with Crippen LogP contribution in [0.1, 0.15) is 30.5 Å². The van der Waals surface area contributed by atoms with Crippen LogP contribution in [0.25, 0.3) is 22.4 Å². The zero-order valence-electron chi connectivity index (χ0n) is 10.7. The summed E-state index contributed by atoms with van der Waals surface area (Å²) in [6.07, 6.45) is 4.22. The van der Waals surface area contributed by atoms with Crippen molar-refractivity contribution in [3.05, 3.63) is 59.7 Å². The highest BCUT2D eigenvalue weighted by Gasteiger charge is 2.04. The van der Waals surface area contributed by atoms with Gasteiger partial charge in [-0.05, 0) is 60.4 Å². The molecule has 0 spiro atoms. The van der Waals surface area contributed by atoms with Crippen LogP contribution in [0, 0.1) is 6.92 Å². The van der Waals surface area contributed by atoms with Crippen molar-refractivity contribution in [2.45, 2.75) is 20.8 Å². The van der Waals surface area contributed by atoms with Gasteiger partial charge >= 0.3 is 0 Å². The van der Waals surface area contributed by atoms with E-state index in [-0.39, 0.29) is 0 Å². The van der Waals surface area contributed by atoms with E-state index in [1.165, 1.54) is 27.5 Å². The quantitative estimate of drug-likeness (QED) is 0.654. The summed E-state index contributed by atoms with van der Waals surface area (Å²) in [4.78, 5) is 0. The molecule has 0 radical (unpaired) electrons. The van der Waals surface area contributed by atoms with Gasteiger partial charge in [0.1, 0.15) is 0 Å². The van der Waals surface area contributed by atoms with E-state index in [2.05, 4.69) is 62.9 Å². The number of allylic oxidation sites excluding steroid dienone is 2. The number of hydrogen-bond donors (Lipinski definition) is 0. The first-order valence-corrected chi connectivity index (χ1v) is 5.95. The smallest absolute Gasteiger partial charge is 0.0148 e. The average molecular weight is 222 g/mol. The van der Waals surface area contributed by atoms with E-state index >= 15 is 0 Å². The third-order valence-electron chi connectivity index (χ3n) is 3.07. The molecule has 0 saturated carbocycles. The van der Waals surface area contributed by atoms with Crippen LogP contribution >= 0.6 is 0 Å². The van der Waals surface area contributed by atoms with Crippen molar-refractivity contribution < 1.29 is 0 Å². The van der Waals surface area contributed by atoms with Crippen molar-refractivity contribution in [1.29, 1.82) is 0 Å². The highest BCUT2D eigenvalue weighted by molar-refractivity contribution is 5.92. The fourth-order valence-electron chi connectivity index (χ4n) is 2.19. The van der Waals surface area contributed by atoms with E-state index in [4.69, 9.17) is 0 Å². The summed E-state index contributed by atoms with van der Waals surface area (Å²) in [7, 11) is 0.